The van der Waals surface area contributed by atoms with Gasteiger partial charge in [0.05, 0.1) is 27.2 Å². The number of thioether (sulfide) groups is 1. The second kappa shape index (κ2) is 10.5. The highest BCUT2D eigenvalue weighted by Gasteiger charge is 2.46. The lowest BCUT2D eigenvalue weighted by Crippen LogP contribution is -2.31. The van der Waals surface area contributed by atoms with Gasteiger partial charge in [0.25, 0.3) is 5.91 Å². The van der Waals surface area contributed by atoms with Crippen molar-refractivity contribution in [2.75, 3.05) is 4.90 Å². The predicted molar refractivity (Wildman–Crippen MR) is 151 cm³/mol. The van der Waals surface area contributed by atoms with Crippen LogP contribution >= 0.6 is 50.4 Å². The monoisotopic (exact) mass is 612 g/mol. The molecule has 11 heteroatoms. The molecule has 0 saturated heterocycles. The summed E-state index contributed by atoms with van der Waals surface area (Å²) < 4.78 is 1.47. The molecule has 0 radical (unpaired) electrons. The Morgan fingerprint density at radius 1 is 1.11 bits per heavy atom. The Kier molecular flexibility index (Phi) is 7.30. The molecule has 2 aromatic carbocycles. The Bertz CT molecular complexity index is 1540. The lowest BCUT2D eigenvalue weighted by molar-refractivity contribution is -0.117. The van der Waals surface area contributed by atoms with E-state index in [9.17, 15) is 14.7 Å². The number of hydrogen-bond acceptors (Lipinski definition) is 9. The van der Waals surface area contributed by atoms with Crippen LogP contribution in [0.5, 0.6) is 0 Å². The lowest BCUT2D eigenvalue weighted by atomic mass is 9.95. The van der Waals surface area contributed by atoms with Gasteiger partial charge in [0.1, 0.15) is 0 Å². The van der Waals surface area contributed by atoms with Crippen molar-refractivity contribution in [2.24, 2.45) is 0 Å². The summed E-state index contributed by atoms with van der Waals surface area (Å²) in [4.78, 5) is 33.2. The number of aliphatic hydroxyl groups is 1. The van der Waals surface area contributed by atoms with E-state index in [0.29, 0.717) is 31.4 Å². The van der Waals surface area contributed by atoms with E-state index in [2.05, 4.69) is 55.4 Å². The predicted octanol–water partition coefficient (Wildman–Crippen LogP) is 6.76. The standard InChI is InChI=1S/C26H21BrN4O3S3/c1-13-7-9-16(10-8-13)12-35-26-30-29-25(37-26)31-20(17-5-4-6-18(27)11-17)19(22(33)24(31)34)21(32)23-14(2)28-15(3)36-23/h4-11,20,33H,12H2,1-3H3. The molecule has 0 saturated carbocycles. The molecule has 4 aromatic rings. The number of amides is 1. The first kappa shape index (κ1) is 25.8. The Labute approximate surface area is 234 Å². The van der Waals surface area contributed by atoms with Gasteiger partial charge >= 0.3 is 0 Å². The van der Waals surface area contributed by atoms with Gasteiger partial charge in [-0.25, -0.2) is 4.98 Å². The first-order chi connectivity index (χ1) is 17.7. The summed E-state index contributed by atoms with van der Waals surface area (Å²) in [6.07, 6.45) is 0. The third kappa shape index (κ3) is 5.13. The minimum absolute atomic E-state index is 0.0129. The number of aryl methyl sites for hydroxylation is 3. The van der Waals surface area contributed by atoms with Crippen LogP contribution in [0, 0.1) is 20.8 Å². The van der Waals surface area contributed by atoms with Crippen LogP contribution in [0.15, 0.2) is 68.7 Å². The molecule has 1 unspecified atom stereocenters. The fourth-order valence-corrected chi connectivity index (χ4v) is 7.19. The number of aromatic nitrogens is 3. The summed E-state index contributed by atoms with van der Waals surface area (Å²) in [5.41, 5.74) is 3.59. The van der Waals surface area contributed by atoms with Crippen LogP contribution in [0.1, 0.15) is 43.1 Å². The van der Waals surface area contributed by atoms with Crippen molar-refractivity contribution >= 4 is 67.2 Å². The highest BCUT2D eigenvalue weighted by Crippen LogP contribution is 2.44. The van der Waals surface area contributed by atoms with Crippen molar-refractivity contribution in [1.29, 1.82) is 0 Å². The van der Waals surface area contributed by atoms with Crippen LogP contribution in [-0.4, -0.2) is 32.0 Å². The van der Waals surface area contributed by atoms with Gasteiger partial charge in [0, 0.05) is 10.2 Å². The average molecular weight is 614 g/mol. The molecule has 5 rings (SSSR count). The fourth-order valence-electron chi connectivity index (χ4n) is 4.08. The van der Waals surface area contributed by atoms with Crippen molar-refractivity contribution in [3.63, 3.8) is 0 Å². The Morgan fingerprint density at radius 2 is 1.86 bits per heavy atom. The van der Waals surface area contributed by atoms with E-state index in [0.717, 1.165) is 15.0 Å². The quantitative estimate of drug-likeness (QED) is 0.140. The summed E-state index contributed by atoms with van der Waals surface area (Å²) in [6.45, 7) is 5.61. The van der Waals surface area contributed by atoms with Crippen LogP contribution < -0.4 is 4.90 Å². The molecule has 0 bridgehead atoms. The molecule has 1 amide bonds. The number of Topliss-reactive ketones (excluding diaryl/α,β-unsaturated/α-hetero) is 1. The van der Waals surface area contributed by atoms with E-state index in [1.807, 2.05) is 38.1 Å². The second-order valence-corrected chi connectivity index (χ2v) is 12.8. The first-order valence-corrected chi connectivity index (χ1v) is 14.7. The maximum atomic E-state index is 13.7. The van der Waals surface area contributed by atoms with Gasteiger partial charge in [0.2, 0.25) is 10.9 Å². The smallest absolute Gasteiger partial charge is 0.296 e. The summed E-state index contributed by atoms with van der Waals surface area (Å²) in [5.74, 6) is -0.974. The normalized spacial score (nSPS) is 15.6. The number of ketones is 1. The van der Waals surface area contributed by atoms with Crippen molar-refractivity contribution < 1.29 is 14.7 Å². The molecule has 1 N–H and O–H groups in total. The number of benzene rings is 2. The van der Waals surface area contributed by atoms with Crippen LogP contribution in [-0.2, 0) is 10.5 Å². The molecule has 7 nitrogen and oxygen atoms in total. The molecular weight excluding hydrogens is 592 g/mol. The summed E-state index contributed by atoms with van der Waals surface area (Å²) in [7, 11) is 0. The molecule has 1 aliphatic rings. The van der Waals surface area contributed by atoms with Crippen LogP contribution in [0.25, 0.3) is 0 Å². The highest BCUT2D eigenvalue weighted by molar-refractivity contribution is 9.10. The fraction of sp³-hybridized carbons (Fsp3) is 0.192. The van der Waals surface area contributed by atoms with Gasteiger partial charge in [-0.1, -0.05) is 81.0 Å². The summed E-state index contributed by atoms with van der Waals surface area (Å²) >= 11 is 7.50. The molecule has 0 aliphatic carbocycles. The minimum Gasteiger partial charge on any atom is -0.503 e. The van der Waals surface area contributed by atoms with E-state index in [1.165, 1.54) is 44.9 Å². The third-order valence-corrected chi connectivity index (χ3v) is 9.50. The maximum Gasteiger partial charge on any atom is 0.296 e. The Balaban J connectivity index is 1.51. The zero-order valence-corrected chi connectivity index (χ0v) is 24.1. The van der Waals surface area contributed by atoms with Crippen LogP contribution in [0.2, 0.25) is 0 Å². The molecular formula is C26H21BrN4O3S3. The molecule has 1 aliphatic heterocycles. The van der Waals surface area contributed by atoms with E-state index >= 15 is 0 Å². The Morgan fingerprint density at radius 3 is 2.54 bits per heavy atom. The maximum absolute atomic E-state index is 13.7. The first-order valence-electron chi connectivity index (χ1n) is 11.3. The Hall–Kier alpha value is -2.86. The molecule has 0 spiro atoms. The van der Waals surface area contributed by atoms with Crippen molar-refractivity contribution in [1.82, 2.24) is 15.2 Å². The average Bonchev–Trinajstić information content (AvgIpc) is 3.54. The van der Waals surface area contributed by atoms with E-state index in [1.54, 1.807) is 6.92 Å². The number of halogens is 1. The molecule has 37 heavy (non-hydrogen) atoms. The molecule has 3 heterocycles. The van der Waals surface area contributed by atoms with Crippen LogP contribution in [0.4, 0.5) is 5.13 Å². The van der Waals surface area contributed by atoms with Crippen molar-refractivity contribution in [3.05, 3.63) is 96.6 Å². The van der Waals surface area contributed by atoms with Gasteiger partial charge in [0.15, 0.2) is 10.1 Å². The van der Waals surface area contributed by atoms with Crippen molar-refractivity contribution in [3.8, 4) is 0 Å². The third-order valence-electron chi connectivity index (χ3n) is 5.81. The van der Waals surface area contributed by atoms with E-state index in [-0.39, 0.29) is 5.57 Å². The number of thiazole rings is 1. The van der Waals surface area contributed by atoms with Crippen LogP contribution in [0.3, 0.4) is 0 Å². The van der Waals surface area contributed by atoms with Gasteiger partial charge in [-0.05, 0) is 44.0 Å². The number of rotatable bonds is 7. The number of nitrogens with zero attached hydrogens (tertiary/aromatic N) is 4. The van der Waals surface area contributed by atoms with Gasteiger partial charge in [-0.15, -0.1) is 21.5 Å². The highest BCUT2D eigenvalue weighted by atomic mass is 79.9. The molecule has 0 fully saturated rings. The van der Waals surface area contributed by atoms with E-state index in [4.69, 9.17) is 0 Å². The van der Waals surface area contributed by atoms with E-state index < -0.39 is 23.5 Å². The SMILES string of the molecule is Cc1ccc(CSc2nnc(N3C(=O)C(O)=C(C(=O)c4sc(C)nc4C)C3c3cccc(Br)c3)s2)cc1. The lowest BCUT2D eigenvalue weighted by Gasteiger charge is -2.24. The number of carbonyl (C=O) groups is 2. The molecule has 2 aromatic heterocycles. The van der Waals surface area contributed by atoms with Gasteiger partial charge in [-0.3, -0.25) is 14.5 Å². The topological polar surface area (TPSA) is 96.3 Å². The number of hydrogen-bond donors (Lipinski definition) is 1. The number of anilines is 1. The van der Waals surface area contributed by atoms with Gasteiger partial charge < -0.3 is 5.11 Å². The van der Waals surface area contributed by atoms with Gasteiger partial charge in [-0.2, -0.15) is 0 Å². The number of aliphatic hydroxyl groups excluding tert-OH is 1. The zero-order chi connectivity index (χ0) is 26.3. The van der Waals surface area contributed by atoms with Crippen molar-refractivity contribution in [2.45, 2.75) is 36.9 Å². The molecule has 188 valence electrons. The zero-order valence-electron chi connectivity index (χ0n) is 20.1. The summed E-state index contributed by atoms with van der Waals surface area (Å²) in [5, 5.41) is 20.6. The number of carbonyl (C=O) groups excluding carboxylic acids is 2. The molecule has 1 atom stereocenters. The largest absolute Gasteiger partial charge is 0.503 e. The minimum atomic E-state index is -0.859. The second-order valence-electron chi connectivity index (χ2n) is 8.50. The summed E-state index contributed by atoms with van der Waals surface area (Å²) in [6, 6.07) is 14.7.